The second-order valence-corrected chi connectivity index (χ2v) is 3.25. The molecule has 1 aromatic rings. The predicted molar refractivity (Wildman–Crippen MR) is 56.2 cm³/mol. The first-order valence-electron chi connectivity index (χ1n) is 3.90. The van der Waals surface area contributed by atoms with Crippen LogP contribution >= 0.6 is 15.9 Å². The molecule has 0 aliphatic heterocycles. The first kappa shape index (κ1) is 10.9. The number of hydrogen-bond acceptors (Lipinski definition) is 1. The Bertz CT molecular complexity index is 374. The highest BCUT2D eigenvalue weighted by Gasteiger charge is 2.08. The highest BCUT2D eigenvalue weighted by Crippen LogP contribution is 2.11. The highest BCUT2D eigenvalue weighted by molar-refractivity contribution is 9.09. The summed E-state index contributed by atoms with van der Waals surface area (Å²) in [5.41, 5.74) is 0.341. The number of halogens is 2. The van der Waals surface area contributed by atoms with Gasteiger partial charge in [-0.3, -0.25) is 0 Å². The molecule has 14 heavy (non-hydrogen) atoms. The summed E-state index contributed by atoms with van der Waals surface area (Å²) >= 11 is 3.19. The van der Waals surface area contributed by atoms with Gasteiger partial charge in [0.15, 0.2) is 0 Å². The molecule has 0 saturated heterocycles. The van der Waals surface area contributed by atoms with Crippen LogP contribution in [0.4, 0.5) is 4.39 Å². The summed E-state index contributed by atoms with van der Waals surface area (Å²) in [6.07, 6.45) is 3.51. The molecule has 0 heterocycles. The fourth-order valence-corrected chi connectivity index (χ4v) is 1.18. The monoisotopic (exact) mass is 258 g/mol. The van der Waals surface area contributed by atoms with E-state index in [4.69, 9.17) is 5.11 Å². The second kappa shape index (κ2) is 4.91. The lowest BCUT2D eigenvalue weighted by Crippen LogP contribution is -2.00. The van der Waals surface area contributed by atoms with Gasteiger partial charge in [-0.05, 0) is 17.7 Å². The lowest BCUT2D eigenvalue weighted by Gasteiger charge is -1.98. The molecule has 2 nitrogen and oxygen atoms in total. The Labute approximate surface area is 89.2 Å². The summed E-state index contributed by atoms with van der Waals surface area (Å²) in [6.45, 7) is 0. The van der Waals surface area contributed by atoms with Gasteiger partial charge < -0.3 is 5.11 Å². The molecule has 0 unspecified atom stereocenters. The van der Waals surface area contributed by atoms with E-state index in [2.05, 4.69) is 15.9 Å². The molecule has 0 saturated carbocycles. The molecule has 0 radical (unpaired) electrons. The largest absolute Gasteiger partial charge is 0.478 e. The molecule has 1 N–H and O–H groups in total. The molecule has 4 heteroatoms. The minimum Gasteiger partial charge on any atom is -0.478 e. The lowest BCUT2D eigenvalue weighted by molar-refractivity contribution is 0.0692. The van der Waals surface area contributed by atoms with Crippen LogP contribution in [0.2, 0.25) is 0 Å². The maximum atomic E-state index is 13.1. The van der Waals surface area contributed by atoms with E-state index >= 15 is 0 Å². The SMILES string of the molecule is O=C(O)c1ccc(C=CCBr)cc1F. The van der Waals surface area contributed by atoms with Crippen molar-refractivity contribution in [2.75, 3.05) is 5.33 Å². The van der Waals surface area contributed by atoms with Crippen molar-refractivity contribution >= 4 is 28.0 Å². The number of carboxylic acids is 1. The third kappa shape index (κ3) is 2.67. The predicted octanol–water partition coefficient (Wildman–Crippen LogP) is 2.93. The summed E-state index contributed by atoms with van der Waals surface area (Å²) < 4.78 is 13.1. The van der Waals surface area contributed by atoms with Crippen LogP contribution in [0.1, 0.15) is 15.9 Å². The van der Waals surface area contributed by atoms with Crippen LogP contribution in [-0.2, 0) is 0 Å². The van der Waals surface area contributed by atoms with Gasteiger partial charge in [-0.25, -0.2) is 9.18 Å². The summed E-state index contributed by atoms with van der Waals surface area (Å²) in [5, 5.41) is 9.24. The van der Waals surface area contributed by atoms with E-state index in [1.165, 1.54) is 12.1 Å². The number of hydrogen-bond donors (Lipinski definition) is 1. The van der Waals surface area contributed by atoms with E-state index in [-0.39, 0.29) is 5.56 Å². The van der Waals surface area contributed by atoms with E-state index < -0.39 is 11.8 Å². The Morgan fingerprint density at radius 2 is 2.29 bits per heavy atom. The van der Waals surface area contributed by atoms with Crippen molar-refractivity contribution in [1.82, 2.24) is 0 Å². The first-order chi connectivity index (χ1) is 6.65. The average Bonchev–Trinajstić information content (AvgIpc) is 2.14. The maximum Gasteiger partial charge on any atom is 0.338 e. The zero-order chi connectivity index (χ0) is 10.6. The molecule has 0 amide bonds. The number of benzene rings is 1. The highest BCUT2D eigenvalue weighted by atomic mass is 79.9. The number of carboxylic acid groups (broad SMARTS) is 1. The number of aromatic carboxylic acids is 1. The van der Waals surface area contributed by atoms with Gasteiger partial charge in [-0.2, -0.15) is 0 Å². The van der Waals surface area contributed by atoms with Crippen LogP contribution in [0.5, 0.6) is 0 Å². The van der Waals surface area contributed by atoms with Crippen LogP contribution in [-0.4, -0.2) is 16.4 Å². The molecule has 0 atom stereocenters. The fourth-order valence-electron chi connectivity index (χ4n) is 0.989. The molecule has 74 valence electrons. The van der Waals surface area contributed by atoms with Gasteiger partial charge in [0.05, 0.1) is 5.56 Å². The zero-order valence-electron chi connectivity index (χ0n) is 7.21. The van der Waals surface area contributed by atoms with Crippen molar-refractivity contribution in [2.24, 2.45) is 0 Å². The molecule has 0 spiro atoms. The molecule has 1 rings (SSSR count). The normalized spacial score (nSPS) is 10.7. The van der Waals surface area contributed by atoms with Gasteiger partial charge in [0.1, 0.15) is 5.82 Å². The standard InChI is InChI=1S/C10H8BrFO2/c11-5-1-2-7-3-4-8(10(13)14)9(12)6-7/h1-4,6H,5H2,(H,13,14). The van der Waals surface area contributed by atoms with E-state index in [0.29, 0.717) is 10.9 Å². The van der Waals surface area contributed by atoms with Gasteiger partial charge in [0.25, 0.3) is 0 Å². The number of rotatable bonds is 3. The maximum absolute atomic E-state index is 13.1. The second-order valence-electron chi connectivity index (χ2n) is 2.60. The van der Waals surface area contributed by atoms with Gasteiger partial charge in [-0.15, -0.1) is 0 Å². The quantitative estimate of drug-likeness (QED) is 0.847. The van der Waals surface area contributed by atoms with Gasteiger partial charge >= 0.3 is 5.97 Å². The van der Waals surface area contributed by atoms with Crippen LogP contribution < -0.4 is 0 Å². The third-order valence-corrected chi connectivity index (χ3v) is 2.00. The average molecular weight is 259 g/mol. The number of alkyl halides is 1. The van der Waals surface area contributed by atoms with Gasteiger partial charge in [0, 0.05) is 5.33 Å². The Hall–Kier alpha value is -1.16. The van der Waals surface area contributed by atoms with Crippen molar-refractivity contribution in [3.63, 3.8) is 0 Å². The lowest BCUT2D eigenvalue weighted by atomic mass is 10.1. The zero-order valence-corrected chi connectivity index (χ0v) is 8.79. The molecule has 0 fully saturated rings. The molecular formula is C10H8BrFO2. The van der Waals surface area contributed by atoms with Crippen LogP contribution in [0.25, 0.3) is 6.08 Å². The summed E-state index contributed by atoms with van der Waals surface area (Å²) in [4.78, 5) is 10.5. The minimum absolute atomic E-state index is 0.305. The van der Waals surface area contributed by atoms with Crippen molar-refractivity contribution < 1.29 is 14.3 Å². The Kier molecular flexibility index (Phi) is 3.83. The van der Waals surface area contributed by atoms with Crippen molar-refractivity contribution in [2.45, 2.75) is 0 Å². The smallest absolute Gasteiger partial charge is 0.338 e. The fraction of sp³-hybridized carbons (Fsp3) is 0.100. The molecular weight excluding hydrogens is 251 g/mol. The molecule has 0 aliphatic rings. The molecule has 0 aromatic heterocycles. The summed E-state index contributed by atoms with van der Waals surface area (Å²) in [6, 6.07) is 4.01. The number of allylic oxidation sites excluding steroid dienone is 1. The molecule has 0 aliphatic carbocycles. The Morgan fingerprint density at radius 1 is 1.57 bits per heavy atom. The van der Waals surface area contributed by atoms with Gasteiger partial charge in [-0.1, -0.05) is 34.1 Å². The van der Waals surface area contributed by atoms with E-state index in [1.54, 1.807) is 18.2 Å². The summed E-state index contributed by atoms with van der Waals surface area (Å²) in [5.74, 6) is -1.97. The van der Waals surface area contributed by atoms with Crippen molar-refractivity contribution in [3.05, 3.63) is 41.2 Å². The minimum atomic E-state index is -1.25. The van der Waals surface area contributed by atoms with Gasteiger partial charge in [0.2, 0.25) is 0 Å². The van der Waals surface area contributed by atoms with E-state index in [0.717, 1.165) is 0 Å². The van der Waals surface area contributed by atoms with Crippen LogP contribution in [0.15, 0.2) is 24.3 Å². The third-order valence-electron chi connectivity index (χ3n) is 1.62. The van der Waals surface area contributed by atoms with E-state index in [9.17, 15) is 9.18 Å². The topological polar surface area (TPSA) is 37.3 Å². The van der Waals surface area contributed by atoms with Crippen molar-refractivity contribution in [1.29, 1.82) is 0 Å². The van der Waals surface area contributed by atoms with Crippen molar-refractivity contribution in [3.8, 4) is 0 Å². The Morgan fingerprint density at radius 3 is 2.79 bits per heavy atom. The van der Waals surface area contributed by atoms with Crippen LogP contribution in [0, 0.1) is 5.82 Å². The number of carbonyl (C=O) groups is 1. The van der Waals surface area contributed by atoms with Crippen LogP contribution in [0.3, 0.4) is 0 Å². The Balaban J connectivity index is 3.00. The summed E-state index contributed by atoms with van der Waals surface area (Å²) in [7, 11) is 0. The first-order valence-corrected chi connectivity index (χ1v) is 5.02. The molecule has 0 bridgehead atoms. The van der Waals surface area contributed by atoms with E-state index in [1.807, 2.05) is 0 Å². The molecule has 1 aromatic carbocycles.